The van der Waals surface area contributed by atoms with Gasteiger partial charge in [0.1, 0.15) is 0 Å². The normalized spacial score (nSPS) is 31.8. The second-order valence-corrected chi connectivity index (χ2v) is 4.81. The minimum absolute atomic E-state index is 0.0735. The van der Waals surface area contributed by atoms with E-state index in [1.807, 2.05) is 0 Å². The molecule has 0 amide bonds. The summed E-state index contributed by atoms with van der Waals surface area (Å²) in [6.07, 6.45) is 8.66. The van der Waals surface area contributed by atoms with Crippen LogP contribution in [0.2, 0.25) is 0 Å². The Bertz CT molecular complexity index is 129. The van der Waals surface area contributed by atoms with Gasteiger partial charge in [0.15, 0.2) is 0 Å². The Kier molecular flexibility index (Phi) is 3.57. The van der Waals surface area contributed by atoms with E-state index in [-0.39, 0.29) is 11.5 Å². The average molecular weight is 170 g/mol. The molecule has 0 radical (unpaired) electrons. The van der Waals surface area contributed by atoms with Gasteiger partial charge in [0.25, 0.3) is 0 Å². The lowest BCUT2D eigenvalue weighted by Gasteiger charge is -2.29. The van der Waals surface area contributed by atoms with Gasteiger partial charge >= 0.3 is 0 Å². The van der Waals surface area contributed by atoms with Crippen LogP contribution >= 0.6 is 0 Å². The van der Waals surface area contributed by atoms with Gasteiger partial charge in [0.2, 0.25) is 0 Å². The lowest BCUT2D eigenvalue weighted by Crippen LogP contribution is -2.28. The third-order valence-corrected chi connectivity index (χ3v) is 3.20. The van der Waals surface area contributed by atoms with Gasteiger partial charge in [0, 0.05) is 0 Å². The highest BCUT2D eigenvalue weighted by molar-refractivity contribution is 4.78. The summed E-state index contributed by atoms with van der Waals surface area (Å²) in [7, 11) is 0. The van der Waals surface area contributed by atoms with Gasteiger partial charge in [-0.2, -0.15) is 0 Å². The molecule has 0 saturated heterocycles. The zero-order valence-electron chi connectivity index (χ0n) is 8.47. The summed E-state index contributed by atoms with van der Waals surface area (Å²) in [6.45, 7) is 4.39. The predicted octanol–water partition coefficient (Wildman–Crippen LogP) is 3.12. The maximum absolute atomic E-state index is 9.87. The van der Waals surface area contributed by atoms with Crippen molar-refractivity contribution >= 4 is 0 Å². The average Bonchev–Trinajstić information content (AvgIpc) is 2.06. The number of hydrogen-bond acceptors (Lipinski definition) is 1. The Morgan fingerprint density at radius 1 is 1.00 bits per heavy atom. The molecule has 1 nitrogen and oxygen atoms in total. The summed E-state index contributed by atoms with van der Waals surface area (Å²) in [5.41, 5.74) is 0.157. The Morgan fingerprint density at radius 2 is 1.58 bits per heavy atom. The Balaban J connectivity index is 2.47. The second kappa shape index (κ2) is 4.27. The maximum atomic E-state index is 9.87. The molecule has 0 spiro atoms. The molecule has 1 unspecified atom stereocenters. The van der Waals surface area contributed by atoms with Crippen molar-refractivity contribution < 1.29 is 5.11 Å². The van der Waals surface area contributed by atoms with Gasteiger partial charge in [-0.3, -0.25) is 0 Å². The van der Waals surface area contributed by atoms with Crippen LogP contribution in [0.25, 0.3) is 0 Å². The zero-order valence-corrected chi connectivity index (χ0v) is 8.47. The standard InChI is InChI=1S/C11H22O/c1-11(2)9-7-5-3-4-6-8-10(11)12/h10,12H,3-9H2,1-2H3. The fraction of sp³-hybridized carbons (Fsp3) is 1.00. The molecule has 0 aromatic rings. The van der Waals surface area contributed by atoms with E-state index in [1.54, 1.807) is 0 Å². The minimum atomic E-state index is -0.0735. The van der Waals surface area contributed by atoms with E-state index < -0.39 is 0 Å². The molecule has 12 heavy (non-hydrogen) atoms. The van der Waals surface area contributed by atoms with E-state index in [1.165, 1.54) is 38.5 Å². The lowest BCUT2D eigenvalue weighted by atomic mass is 9.80. The second-order valence-electron chi connectivity index (χ2n) is 4.81. The van der Waals surface area contributed by atoms with E-state index in [2.05, 4.69) is 13.8 Å². The quantitative estimate of drug-likeness (QED) is 0.592. The van der Waals surface area contributed by atoms with Crippen molar-refractivity contribution in [3.8, 4) is 0 Å². The highest BCUT2D eigenvalue weighted by Crippen LogP contribution is 2.32. The van der Waals surface area contributed by atoms with E-state index >= 15 is 0 Å². The first-order valence-corrected chi connectivity index (χ1v) is 5.31. The first-order chi connectivity index (χ1) is 5.63. The van der Waals surface area contributed by atoms with Crippen molar-refractivity contribution in [2.24, 2.45) is 5.41 Å². The topological polar surface area (TPSA) is 20.2 Å². The molecule has 1 aliphatic carbocycles. The van der Waals surface area contributed by atoms with Crippen LogP contribution in [0.15, 0.2) is 0 Å². The summed E-state index contributed by atoms with van der Waals surface area (Å²) >= 11 is 0. The summed E-state index contributed by atoms with van der Waals surface area (Å²) in [6, 6.07) is 0. The van der Waals surface area contributed by atoms with Gasteiger partial charge in [0.05, 0.1) is 6.10 Å². The summed E-state index contributed by atoms with van der Waals surface area (Å²) in [4.78, 5) is 0. The summed E-state index contributed by atoms with van der Waals surface area (Å²) < 4.78 is 0. The number of hydrogen-bond donors (Lipinski definition) is 1. The highest BCUT2D eigenvalue weighted by atomic mass is 16.3. The monoisotopic (exact) mass is 170 g/mol. The minimum Gasteiger partial charge on any atom is -0.393 e. The molecule has 0 aromatic heterocycles. The molecule has 1 N–H and O–H groups in total. The lowest BCUT2D eigenvalue weighted by molar-refractivity contribution is 0.0362. The van der Waals surface area contributed by atoms with Gasteiger partial charge in [-0.1, -0.05) is 46.0 Å². The fourth-order valence-corrected chi connectivity index (χ4v) is 2.01. The van der Waals surface area contributed by atoms with E-state index in [0.29, 0.717) is 0 Å². The number of aliphatic hydroxyl groups is 1. The van der Waals surface area contributed by atoms with Crippen LogP contribution in [0, 0.1) is 5.41 Å². The van der Waals surface area contributed by atoms with Gasteiger partial charge < -0.3 is 5.11 Å². The van der Waals surface area contributed by atoms with E-state index in [9.17, 15) is 5.11 Å². The van der Waals surface area contributed by atoms with Crippen LogP contribution in [0.3, 0.4) is 0 Å². The largest absolute Gasteiger partial charge is 0.393 e. The Labute approximate surface area is 76.2 Å². The molecule has 0 aromatic carbocycles. The van der Waals surface area contributed by atoms with Gasteiger partial charge in [-0.15, -0.1) is 0 Å². The van der Waals surface area contributed by atoms with Crippen molar-refractivity contribution in [3.63, 3.8) is 0 Å². The van der Waals surface area contributed by atoms with Crippen LogP contribution in [-0.4, -0.2) is 11.2 Å². The molecule has 1 fully saturated rings. The Hall–Kier alpha value is -0.0400. The van der Waals surface area contributed by atoms with Crippen LogP contribution in [0.4, 0.5) is 0 Å². The molecule has 0 heterocycles. The van der Waals surface area contributed by atoms with Gasteiger partial charge in [-0.05, 0) is 18.3 Å². The van der Waals surface area contributed by atoms with Crippen LogP contribution in [0.1, 0.15) is 58.8 Å². The molecular formula is C11H22O. The van der Waals surface area contributed by atoms with E-state index in [4.69, 9.17) is 0 Å². The third kappa shape index (κ3) is 2.78. The third-order valence-electron chi connectivity index (χ3n) is 3.20. The SMILES string of the molecule is CC1(C)CCCCCCCC1O. The molecule has 1 aliphatic rings. The molecular weight excluding hydrogens is 148 g/mol. The first kappa shape index (κ1) is 10.0. The van der Waals surface area contributed by atoms with Crippen molar-refractivity contribution in [2.45, 2.75) is 64.9 Å². The van der Waals surface area contributed by atoms with Crippen molar-refractivity contribution in [3.05, 3.63) is 0 Å². The van der Waals surface area contributed by atoms with Gasteiger partial charge in [-0.25, -0.2) is 0 Å². The molecule has 72 valence electrons. The molecule has 0 bridgehead atoms. The molecule has 1 rings (SSSR count). The molecule has 0 aliphatic heterocycles. The van der Waals surface area contributed by atoms with Crippen LogP contribution in [-0.2, 0) is 0 Å². The number of aliphatic hydroxyl groups excluding tert-OH is 1. The molecule has 1 atom stereocenters. The van der Waals surface area contributed by atoms with Crippen LogP contribution < -0.4 is 0 Å². The van der Waals surface area contributed by atoms with Crippen molar-refractivity contribution in [1.82, 2.24) is 0 Å². The van der Waals surface area contributed by atoms with Crippen molar-refractivity contribution in [1.29, 1.82) is 0 Å². The van der Waals surface area contributed by atoms with E-state index in [0.717, 1.165) is 6.42 Å². The highest BCUT2D eigenvalue weighted by Gasteiger charge is 2.27. The summed E-state index contributed by atoms with van der Waals surface area (Å²) in [5.74, 6) is 0. The molecule has 1 saturated carbocycles. The smallest absolute Gasteiger partial charge is 0.0591 e. The molecule has 1 heteroatoms. The van der Waals surface area contributed by atoms with Crippen molar-refractivity contribution in [2.75, 3.05) is 0 Å². The fourth-order valence-electron chi connectivity index (χ4n) is 2.01. The first-order valence-electron chi connectivity index (χ1n) is 5.31. The Morgan fingerprint density at radius 3 is 2.33 bits per heavy atom. The number of rotatable bonds is 0. The zero-order chi connectivity index (χ0) is 9.03. The van der Waals surface area contributed by atoms with Crippen LogP contribution in [0.5, 0.6) is 0 Å². The predicted molar refractivity (Wildman–Crippen MR) is 52.1 cm³/mol. The maximum Gasteiger partial charge on any atom is 0.0591 e. The summed E-state index contributed by atoms with van der Waals surface area (Å²) in [5, 5.41) is 9.87.